The van der Waals surface area contributed by atoms with Gasteiger partial charge >= 0.3 is 6.01 Å². The number of hydrogen-bond acceptors (Lipinski definition) is 8. The molecule has 0 N–H and O–H groups in total. The highest BCUT2D eigenvalue weighted by atomic mass is 35.5. The number of hydrogen-bond donors (Lipinski definition) is 0. The average Bonchev–Trinajstić information content (AvgIpc) is 3.40. The highest BCUT2D eigenvalue weighted by Gasteiger charge is 2.35. The fourth-order valence-corrected chi connectivity index (χ4v) is 6.29. The topological polar surface area (TPSA) is 74.3 Å². The van der Waals surface area contributed by atoms with E-state index in [0.717, 1.165) is 29.3 Å². The van der Waals surface area contributed by atoms with Crippen LogP contribution in [0, 0.1) is 0 Å². The lowest BCUT2D eigenvalue weighted by atomic mass is 9.97. The Kier molecular flexibility index (Phi) is 7.42. The van der Waals surface area contributed by atoms with Crippen LogP contribution < -0.4 is 19.3 Å². The fraction of sp³-hybridized carbons (Fsp3) is 0.433. The number of carbonyl (C=O) groups excluding carboxylic acids is 1. The van der Waals surface area contributed by atoms with Gasteiger partial charge in [0.2, 0.25) is 11.7 Å². The minimum Gasteiger partial charge on any atom is -0.484 e. The molecule has 3 aliphatic rings. The molecule has 1 unspecified atom stereocenters. The van der Waals surface area contributed by atoms with E-state index in [1.54, 1.807) is 4.90 Å². The standard InChI is InChI=1S/C30H35ClN6O3/c1-4-25(38)36-14-16-37(17-15-36)29-27-28(32-30(33-29)40-18-21-10-7-13-34(21)2)35(3)24(19-39-27)22-11-5-8-20-9-6-12-23(31)26(20)22/h4-6,8-9,11-12,21,24H,1,7,10,13-19H2,2-3H3/t21-,24?/m0/s1. The number of anilines is 2. The maximum atomic E-state index is 12.2. The van der Waals surface area contributed by atoms with Gasteiger partial charge in [-0.2, -0.15) is 9.97 Å². The van der Waals surface area contributed by atoms with Crippen molar-refractivity contribution in [3.05, 3.63) is 59.6 Å². The van der Waals surface area contributed by atoms with Gasteiger partial charge < -0.3 is 29.1 Å². The van der Waals surface area contributed by atoms with Crippen molar-refractivity contribution in [2.24, 2.45) is 0 Å². The highest BCUT2D eigenvalue weighted by Crippen LogP contribution is 2.45. The van der Waals surface area contributed by atoms with Gasteiger partial charge in [-0.05, 0) is 49.5 Å². The molecule has 40 heavy (non-hydrogen) atoms. The zero-order valence-corrected chi connectivity index (χ0v) is 23.8. The van der Waals surface area contributed by atoms with Crippen LogP contribution in [0.4, 0.5) is 11.6 Å². The van der Waals surface area contributed by atoms with Crippen molar-refractivity contribution in [2.75, 3.05) is 69.8 Å². The van der Waals surface area contributed by atoms with E-state index in [1.807, 2.05) is 19.2 Å². The Morgan fingerprint density at radius 3 is 2.58 bits per heavy atom. The lowest BCUT2D eigenvalue weighted by Gasteiger charge is -2.39. The second kappa shape index (κ2) is 11.1. The molecule has 2 fully saturated rings. The number of fused-ring (bicyclic) bond motifs is 2. The summed E-state index contributed by atoms with van der Waals surface area (Å²) in [5.41, 5.74) is 1.09. The first kappa shape index (κ1) is 26.7. The largest absolute Gasteiger partial charge is 0.484 e. The van der Waals surface area contributed by atoms with Crippen molar-refractivity contribution >= 4 is 39.9 Å². The van der Waals surface area contributed by atoms with Crippen molar-refractivity contribution in [3.8, 4) is 11.8 Å². The number of carbonyl (C=O) groups is 1. The molecule has 0 saturated carbocycles. The SMILES string of the molecule is C=CC(=O)N1CCN(c2nc(OC[C@@H]3CCCN3C)nc3c2OCC(c2cccc4cccc(Cl)c24)N3C)CC1. The summed E-state index contributed by atoms with van der Waals surface area (Å²) in [6.07, 6.45) is 3.63. The van der Waals surface area contributed by atoms with Gasteiger partial charge in [-0.15, -0.1) is 0 Å². The Hall–Kier alpha value is -3.56. The van der Waals surface area contributed by atoms with Crippen molar-refractivity contribution in [2.45, 2.75) is 24.9 Å². The molecule has 6 rings (SSSR count). The minimum absolute atomic E-state index is 0.0540. The zero-order valence-electron chi connectivity index (χ0n) is 23.1. The van der Waals surface area contributed by atoms with Gasteiger partial charge in [0, 0.05) is 49.7 Å². The van der Waals surface area contributed by atoms with Crippen LogP contribution in [0.3, 0.4) is 0 Å². The van der Waals surface area contributed by atoms with Crippen LogP contribution in [0.25, 0.3) is 10.8 Å². The number of nitrogens with zero attached hydrogens (tertiary/aromatic N) is 6. The third-order valence-corrected chi connectivity index (χ3v) is 8.70. The number of amides is 1. The number of rotatable bonds is 6. The van der Waals surface area contributed by atoms with Crippen molar-refractivity contribution in [1.82, 2.24) is 19.8 Å². The number of likely N-dealkylation sites (N-methyl/N-ethyl adjacent to an activating group) is 2. The summed E-state index contributed by atoms with van der Waals surface area (Å²) in [7, 11) is 4.17. The lowest BCUT2D eigenvalue weighted by molar-refractivity contribution is -0.126. The van der Waals surface area contributed by atoms with Crippen molar-refractivity contribution < 1.29 is 14.3 Å². The first-order chi connectivity index (χ1) is 19.4. The first-order valence-electron chi connectivity index (χ1n) is 13.9. The van der Waals surface area contributed by atoms with E-state index in [1.165, 1.54) is 12.5 Å². The molecule has 0 aliphatic carbocycles. The van der Waals surface area contributed by atoms with Crippen LogP contribution in [0.15, 0.2) is 49.1 Å². The maximum Gasteiger partial charge on any atom is 0.320 e. The summed E-state index contributed by atoms with van der Waals surface area (Å²) in [6.45, 7) is 8.08. The van der Waals surface area contributed by atoms with Gasteiger partial charge in [0.1, 0.15) is 13.2 Å². The molecule has 4 heterocycles. The van der Waals surface area contributed by atoms with Gasteiger partial charge in [0.05, 0.1) is 6.04 Å². The van der Waals surface area contributed by atoms with Gasteiger partial charge in [0.15, 0.2) is 11.6 Å². The maximum absolute atomic E-state index is 12.2. The van der Waals surface area contributed by atoms with Crippen LogP contribution in [-0.4, -0.2) is 91.7 Å². The molecule has 10 heteroatoms. The Balaban J connectivity index is 1.35. The third kappa shape index (κ3) is 4.92. The molecule has 2 saturated heterocycles. The Morgan fingerprint density at radius 2 is 1.85 bits per heavy atom. The van der Waals surface area contributed by atoms with Crippen LogP contribution in [0.2, 0.25) is 5.02 Å². The van der Waals surface area contributed by atoms with Crippen LogP contribution in [-0.2, 0) is 4.79 Å². The molecule has 3 aromatic rings. The number of benzene rings is 2. The van der Waals surface area contributed by atoms with Gasteiger partial charge in [-0.25, -0.2) is 0 Å². The van der Waals surface area contributed by atoms with E-state index in [9.17, 15) is 4.79 Å². The van der Waals surface area contributed by atoms with E-state index in [4.69, 9.17) is 31.0 Å². The van der Waals surface area contributed by atoms with Gasteiger partial charge in [-0.1, -0.05) is 48.5 Å². The molecule has 0 spiro atoms. The summed E-state index contributed by atoms with van der Waals surface area (Å²) >= 11 is 6.69. The monoisotopic (exact) mass is 562 g/mol. The van der Waals surface area contributed by atoms with Crippen molar-refractivity contribution in [3.63, 3.8) is 0 Å². The smallest absolute Gasteiger partial charge is 0.320 e. The van der Waals surface area contributed by atoms with Crippen molar-refractivity contribution in [1.29, 1.82) is 0 Å². The van der Waals surface area contributed by atoms with Crippen LogP contribution >= 0.6 is 11.6 Å². The van der Waals surface area contributed by atoms with E-state index < -0.39 is 0 Å². The molecular formula is C30H35ClN6O3. The molecule has 3 aliphatic heterocycles. The molecule has 2 atom stereocenters. The molecule has 1 aromatic heterocycles. The summed E-state index contributed by atoms with van der Waals surface area (Å²) in [6, 6.07) is 12.8. The van der Waals surface area contributed by atoms with Crippen LogP contribution in [0.1, 0.15) is 24.4 Å². The van der Waals surface area contributed by atoms with E-state index in [2.05, 4.69) is 52.6 Å². The van der Waals surface area contributed by atoms with E-state index in [0.29, 0.717) is 73.9 Å². The summed E-state index contributed by atoms with van der Waals surface area (Å²) in [4.78, 5) is 30.3. The Bertz CT molecular complexity index is 1420. The fourth-order valence-electron chi connectivity index (χ4n) is 6.00. The number of ether oxygens (including phenoxy) is 2. The van der Waals surface area contributed by atoms with Gasteiger partial charge in [-0.3, -0.25) is 4.79 Å². The second-order valence-corrected chi connectivity index (χ2v) is 11.1. The van der Waals surface area contributed by atoms with Gasteiger partial charge in [0.25, 0.3) is 0 Å². The summed E-state index contributed by atoms with van der Waals surface area (Å²) in [5.74, 6) is 1.97. The molecule has 2 aromatic carbocycles. The Morgan fingerprint density at radius 1 is 1.10 bits per heavy atom. The lowest BCUT2D eigenvalue weighted by Crippen LogP contribution is -2.49. The Labute approximate surface area is 239 Å². The zero-order chi connectivity index (χ0) is 27.8. The normalized spacial score (nSPS) is 21.3. The molecular weight excluding hydrogens is 528 g/mol. The second-order valence-electron chi connectivity index (χ2n) is 10.7. The molecule has 0 radical (unpaired) electrons. The predicted molar refractivity (Wildman–Crippen MR) is 158 cm³/mol. The van der Waals surface area contributed by atoms with Crippen LogP contribution in [0.5, 0.6) is 11.8 Å². The molecule has 1 amide bonds. The number of aromatic nitrogens is 2. The van der Waals surface area contributed by atoms with E-state index in [-0.39, 0.29) is 11.9 Å². The van der Waals surface area contributed by atoms with E-state index >= 15 is 0 Å². The number of likely N-dealkylation sites (tertiary alicyclic amines) is 1. The quantitative estimate of drug-likeness (QED) is 0.415. The summed E-state index contributed by atoms with van der Waals surface area (Å²) < 4.78 is 12.7. The number of piperazine rings is 1. The third-order valence-electron chi connectivity index (χ3n) is 8.38. The molecule has 0 bridgehead atoms. The molecule has 210 valence electrons. The predicted octanol–water partition coefficient (Wildman–Crippen LogP) is 4.16. The first-order valence-corrected chi connectivity index (χ1v) is 14.3. The number of halogens is 1. The average molecular weight is 563 g/mol. The highest BCUT2D eigenvalue weighted by molar-refractivity contribution is 6.35. The molecule has 9 nitrogen and oxygen atoms in total. The minimum atomic E-state index is -0.102. The summed E-state index contributed by atoms with van der Waals surface area (Å²) in [5, 5.41) is 2.82.